The summed E-state index contributed by atoms with van der Waals surface area (Å²) in [6, 6.07) is 86.3. The lowest BCUT2D eigenvalue weighted by atomic mass is 9.98. The van der Waals surface area contributed by atoms with Gasteiger partial charge in [0.2, 0.25) is 0 Å². The Bertz CT molecular complexity index is 4230. The molecule has 0 amide bonds. The number of rotatable bonds is 7. The SMILES string of the molecule is c1ccc(-c2cc(-c3ccccc3)nc(-c3ccc4oc5ccc(-c6ccc7c(c6)c6cc(-c8ccc9c(c8)c8ccccc8n9-c8ccccc8)ccc6n7-c6ccccc6)cc5c4c3)n2)cc1. The van der Waals surface area contributed by atoms with Gasteiger partial charge in [-0.15, -0.1) is 0 Å². The smallest absolute Gasteiger partial charge is 0.160 e. The zero-order chi connectivity index (χ0) is 45.4. The van der Waals surface area contributed by atoms with E-state index in [0.29, 0.717) is 5.82 Å². The van der Waals surface area contributed by atoms with Crippen molar-refractivity contribution in [3.05, 3.63) is 243 Å². The third-order valence-electron chi connectivity index (χ3n) is 13.7. The van der Waals surface area contributed by atoms with E-state index in [1.165, 1.54) is 43.7 Å². The van der Waals surface area contributed by atoms with Gasteiger partial charge in [-0.3, -0.25) is 0 Å². The Kier molecular flexibility index (Phi) is 8.83. The molecule has 69 heavy (non-hydrogen) atoms. The first kappa shape index (κ1) is 38.9. The van der Waals surface area contributed by atoms with Crippen molar-refractivity contribution < 1.29 is 4.42 Å². The van der Waals surface area contributed by atoms with Gasteiger partial charge >= 0.3 is 0 Å². The molecule has 4 aromatic heterocycles. The number of hydrogen-bond acceptors (Lipinski definition) is 3. The van der Waals surface area contributed by atoms with Gasteiger partial charge in [0.1, 0.15) is 11.2 Å². The molecule has 0 saturated carbocycles. The van der Waals surface area contributed by atoms with Crippen LogP contribution in [0.1, 0.15) is 0 Å². The molecule has 0 aliphatic heterocycles. The molecule has 0 aliphatic rings. The van der Waals surface area contributed by atoms with E-state index in [4.69, 9.17) is 14.4 Å². The van der Waals surface area contributed by atoms with E-state index in [1.54, 1.807) is 0 Å². The van der Waals surface area contributed by atoms with Gasteiger partial charge in [-0.2, -0.15) is 0 Å². The van der Waals surface area contributed by atoms with E-state index < -0.39 is 0 Å². The fraction of sp³-hybridized carbons (Fsp3) is 0. The van der Waals surface area contributed by atoms with Gasteiger partial charge in [0.25, 0.3) is 0 Å². The second kappa shape index (κ2) is 15.7. The fourth-order valence-electron chi connectivity index (χ4n) is 10.4. The summed E-state index contributed by atoms with van der Waals surface area (Å²) >= 11 is 0. The molecule has 0 fully saturated rings. The molecule has 0 atom stereocenters. The molecule has 10 aromatic carbocycles. The Morgan fingerprint density at radius 1 is 0.261 bits per heavy atom. The van der Waals surface area contributed by atoms with Crippen molar-refractivity contribution in [3.63, 3.8) is 0 Å². The number of hydrogen-bond donors (Lipinski definition) is 0. The molecule has 0 saturated heterocycles. The van der Waals surface area contributed by atoms with Crippen LogP contribution in [0.5, 0.6) is 0 Å². The zero-order valence-corrected chi connectivity index (χ0v) is 37.3. The highest BCUT2D eigenvalue weighted by Gasteiger charge is 2.19. The van der Waals surface area contributed by atoms with Gasteiger partial charge in [0, 0.05) is 60.4 Å². The molecule has 5 heteroatoms. The van der Waals surface area contributed by atoms with Crippen LogP contribution in [0.3, 0.4) is 0 Å². The Morgan fingerprint density at radius 3 is 1.12 bits per heavy atom. The molecule has 4 heterocycles. The number of aromatic nitrogens is 4. The molecule has 0 radical (unpaired) electrons. The van der Waals surface area contributed by atoms with Crippen LogP contribution in [0.25, 0.3) is 133 Å². The molecule has 0 aliphatic carbocycles. The molecule has 0 N–H and O–H groups in total. The molecule has 5 nitrogen and oxygen atoms in total. The van der Waals surface area contributed by atoms with Gasteiger partial charge in [-0.05, 0) is 125 Å². The quantitative estimate of drug-likeness (QED) is 0.160. The summed E-state index contributed by atoms with van der Waals surface area (Å²) in [4.78, 5) is 10.3. The highest BCUT2D eigenvalue weighted by atomic mass is 16.3. The Hall–Kier alpha value is -9.32. The summed E-state index contributed by atoms with van der Waals surface area (Å²) in [6.07, 6.45) is 0. The largest absolute Gasteiger partial charge is 0.456 e. The lowest BCUT2D eigenvalue weighted by Gasteiger charge is -2.09. The monoisotopic (exact) mass is 880 g/mol. The minimum Gasteiger partial charge on any atom is -0.456 e. The molecular formula is C64H40N4O. The first-order valence-corrected chi connectivity index (χ1v) is 23.4. The van der Waals surface area contributed by atoms with Crippen LogP contribution < -0.4 is 0 Å². The van der Waals surface area contributed by atoms with Crippen LogP contribution in [-0.4, -0.2) is 19.1 Å². The van der Waals surface area contributed by atoms with E-state index in [9.17, 15) is 0 Å². The topological polar surface area (TPSA) is 48.8 Å². The third kappa shape index (κ3) is 6.47. The van der Waals surface area contributed by atoms with Crippen molar-refractivity contribution in [2.75, 3.05) is 0 Å². The summed E-state index contributed by atoms with van der Waals surface area (Å²) in [5.41, 5.74) is 18.0. The van der Waals surface area contributed by atoms with Crippen LogP contribution in [0.15, 0.2) is 247 Å². The van der Waals surface area contributed by atoms with E-state index in [1.807, 2.05) is 42.5 Å². The predicted molar refractivity (Wildman–Crippen MR) is 285 cm³/mol. The van der Waals surface area contributed by atoms with Crippen LogP contribution in [-0.2, 0) is 0 Å². The number of benzene rings is 10. The number of nitrogens with zero attached hydrogens (tertiary/aromatic N) is 4. The van der Waals surface area contributed by atoms with Crippen molar-refractivity contribution in [1.82, 2.24) is 19.1 Å². The fourth-order valence-corrected chi connectivity index (χ4v) is 10.4. The second-order valence-electron chi connectivity index (χ2n) is 17.8. The summed E-state index contributed by atoms with van der Waals surface area (Å²) < 4.78 is 11.2. The van der Waals surface area contributed by atoms with Crippen molar-refractivity contribution in [3.8, 4) is 67.5 Å². The zero-order valence-electron chi connectivity index (χ0n) is 37.3. The highest BCUT2D eigenvalue weighted by molar-refractivity contribution is 6.14. The molecule has 322 valence electrons. The average Bonchev–Trinajstić information content (AvgIpc) is 4.08. The van der Waals surface area contributed by atoms with Crippen LogP contribution in [0.4, 0.5) is 0 Å². The lowest BCUT2D eigenvalue weighted by molar-refractivity contribution is 0.669. The third-order valence-corrected chi connectivity index (χ3v) is 13.7. The molecule has 14 rings (SSSR count). The van der Waals surface area contributed by atoms with Gasteiger partial charge in [-0.25, -0.2) is 9.97 Å². The van der Waals surface area contributed by atoms with Gasteiger partial charge in [0.05, 0.1) is 33.5 Å². The molecule has 0 bridgehead atoms. The van der Waals surface area contributed by atoms with Crippen LogP contribution in [0, 0.1) is 0 Å². The molecular weight excluding hydrogens is 841 g/mol. The van der Waals surface area contributed by atoms with Crippen LogP contribution >= 0.6 is 0 Å². The Morgan fingerprint density at radius 2 is 0.623 bits per heavy atom. The maximum atomic E-state index is 6.48. The van der Waals surface area contributed by atoms with E-state index >= 15 is 0 Å². The standard InChI is InChI=1S/C64H40N4O/c1-5-15-41(16-6-1)56-40-57(42-17-7-2-8-18-42)66-64(65-56)47-29-34-63-55(39-47)54-38-46(28-33-62(54)69-63)45-27-32-61-53(37-45)52-36-44(26-31-60(52)68(61)49-21-11-4-12-22-49)43-25-30-59-51(35-43)50-23-13-14-24-58(50)67(59)48-19-9-3-10-20-48/h1-40H. The van der Waals surface area contributed by atoms with E-state index in [-0.39, 0.29) is 0 Å². The van der Waals surface area contributed by atoms with Gasteiger partial charge in [-0.1, -0.05) is 140 Å². The summed E-state index contributed by atoms with van der Waals surface area (Å²) in [5.74, 6) is 0.668. The minimum absolute atomic E-state index is 0.668. The summed E-state index contributed by atoms with van der Waals surface area (Å²) in [5, 5.41) is 6.94. The Labute approximate surface area is 397 Å². The Balaban J connectivity index is 0.904. The number of para-hydroxylation sites is 3. The average molecular weight is 881 g/mol. The first-order valence-electron chi connectivity index (χ1n) is 23.4. The van der Waals surface area contributed by atoms with Crippen molar-refractivity contribution in [1.29, 1.82) is 0 Å². The van der Waals surface area contributed by atoms with Crippen molar-refractivity contribution in [2.24, 2.45) is 0 Å². The maximum Gasteiger partial charge on any atom is 0.160 e. The van der Waals surface area contributed by atoms with E-state index in [2.05, 4.69) is 209 Å². The normalized spacial score (nSPS) is 11.8. The van der Waals surface area contributed by atoms with Gasteiger partial charge in [0.15, 0.2) is 5.82 Å². The summed E-state index contributed by atoms with van der Waals surface area (Å²) in [7, 11) is 0. The van der Waals surface area contributed by atoms with E-state index in [0.717, 1.165) is 83.6 Å². The molecule has 14 aromatic rings. The molecule has 0 spiro atoms. The van der Waals surface area contributed by atoms with Gasteiger partial charge < -0.3 is 13.6 Å². The van der Waals surface area contributed by atoms with Crippen molar-refractivity contribution >= 4 is 65.6 Å². The summed E-state index contributed by atoms with van der Waals surface area (Å²) in [6.45, 7) is 0. The molecule has 0 unspecified atom stereocenters. The van der Waals surface area contributed by atoms with Crippen molar-refractivity contribution in [2.45, 2.75) is 0 Å². The minimum atomic E-state index is 0.668. The lowest BCUT2D eigenvalue weighted by Crippen LogP contribution is -1.95. The first-order chi connectivity index (χ1) is 34.2. The number of furan rings is 1. The second-order valence-corrected chi connectivity index (χ2v) is 17.8. The highest BCUT2D eigenvalue weighted by Crippen LogP contribution is 2.41. The maximum absolute atomic E-state index is 6.48. The van der Waals surface area contributed by atoms with Crippen LogP contribution in [0.2, 0.25) is 0 Å². The predicted octanol–water partition coefficient (Wildman–Crippen LogP) is 16.9. The number of fused-ring (bicyclic) bond motifs is 9.